The second-order valence-corrected chi connectivity index (χ2v) is 3.73. The van der Waals surface area contributed by atoms with Gasteiger partial charge in [0.2, 0.25) is 0 Å². The van der Waals surface area contributed by atoms with Gasteiger partial charge in [0.1, 0.15) is 5.82 Å². The van der Waals surface area contributed by atoms with Crippen LogP contribution in [-0.4, -0.2) is 9.97 Å². The van der Waals surface area contributed by atoms with E-state index in [1.807, 2.05) is 0 Å². The quantitative estimate of drug-likeness (QED) is 0.748. The second-order valence-electron chi connectivity index (χ2n) is 3.47. The summed E-state index contributed by atoms with van der Waals surface area (Å²) >= 11 is 5.54. The van der Waals surface area contributed by atoms with Crippen LogP contribution in [0.15, 0.2) is 11.0 Å². The number of H-pyrrole nitrogens is 1. The Labute approximate surface area is 81.2 Å². The molecule has 1 aliphatic carbocycles. The van der Waals surface area contributed by atoms with Crippen molar-refractivity contribution in [2.24, 2.45) is 5.92 Å². The number of alkyl halides is 1. The minimum Gasteiger partial charge on any atom is -0.310 e. The molecule has 1 fully saturated rings. The maximum absolute atomic E-state index is 11.3. The molecule has 13 heavy (non-hydrogen) atoms. The average Bonchev–Trinajstić information content (AvgIpc) is 2.89. The molecule has 2 rings (SSSR count). The second kappa shape index (κ2) is 3.50. The van der Waals surface area contributed by atoms with E-state index >= 15 is 0 Å². The lowest BCUT2D eigenvalue weighted by Crippen LogP contribution is -2.15. The van der Waals surface area contributed by atoms with Crippen molar-refractivity contribution in [2.45, 2.75) is 25.1 Å². The summed E-state index contributed by atoms with van der Waals surface area (Å²) in [5.41, 5.74) is 0.446. The van der Waals surface area contributed by atoms with Crippen LogP contribution >= 0.6 is 11.6 Å². The van der Waals surface area contributed by atoms with E-state index in [-0.39, 0.29) is 11.4 Å². The van der Waals surface area contributed by atoms with E-state index in [0.29, 0.717) is 5.56 Å². The molecule has 0 saturated heterocycles. The summed E-state index contributed by atoms with van der Waals surface area (Å²) in [6, 6.07) is 0. The van der Waals surface area contributed by atoms with Crippen molar-refractivity contribution in [2.75, 3.05) is 0 Å². The molecule has 70 valence electrons. The minimum atomic E-state index is -0.0966. The van der Waals surface area contributed by atoms with Crippen molar-refractivity contribution in [3.63, 3.8) is 0 Å². The lowest BCUT2D eigenvalue weighted by Gasteiger charge is -1.99. The minimum absolute atomic E-state index is 0.0966. The number of hydrogen-bond acceptors (Lipinski definition) is 2. The van der Waals surface area contributed by atoms with Gasteiger partial charge in [-0.15, -0.1) is 11.6 Å². The smallest absolute Gasteiger partial charge is 0.255 e. The van der Waals surface area contributed by atoms with E-state index in [0.717, 1.165) is 18.2 Å². The maximum atomic E-state index is 11.3. The molecule has 0 spiro atoms. The molecular weight excluding hydrogens is 188 g/mol. The van der Waals surface area contributed by atoms with Gasteiger partial charge in [0.15, 0.2) is 0 Å². The molecule has 4 heteroatoms. The molecule has 3 nitrogen and oxygen atoms in total. The molecule has 1 aromatic heterocycles. The van der Waals surface area contributed by atoms with Crippen molar-refractivity contribution >= 4 is 11.6 Å². The third-order valence-corrected chi connectivity index (χ3v) is 2.54. The van der Waals surface area contributed by atoms with E-state index in [1.54, 1.807) is 6.20 Å². The van der Waals surface area contributed by atoms with Crippen LogP contribution in [0.2, 0.25) is 0 Å². The van der Waals surface area contributed by atoms with Crippen LogP contribution in [0.5, 0.6) is 0 Å². The summed E-state index contributed by atoms with van der Waals surface area (Å²) < 4.78 is 0. The Kier molecular flexibility index (Phi) is 2.36. The van der Waals surface area contributed by atoms with E-state index in [2.05, 4.69) is 9.97 Å². The Morgan fingerprint density at radius 3 is 2.92 bits per heavy atom. The molecule has 1 aliphatic rings. The zero-order chi connectivity index (χ0) is 9.26. The van der Waals surface area contributed by atoms with Gasteiger partial charge >= 0.3 is 0 Å². The largest absolute Gasteiger partial charge is 0.310 e. The lowest BCUT2D eigenvalue weighted by atomic mass is 10.3. The molecular formula is C9H11ClN2O. The third kappa shape index (κ3) is 2.10. The van der Waals surface area contributed by atoms with E-state index < -0.39 is 0 Å². The first-order valence-electron chi connectivity index (χ1n) is 4.42. The lowest BCUT2D eigenvalue weighted by molar-refractivity contribution is 0.760. The van der Waals surface area contributed by atoms with Gasteiger partial charge in [-0.1, -0.05) is 0 Å². The van der Waals surface area contributed by atoms with Crippen LogP contribution < -0.4 is 5.56 Å². The van der Waals surface area contributed by atoms with Crippen LogP contribution in [-0.2, 0) is 12.3 Å². The molecule has 1 heterocycles. The highest BCUT2D eigenvalue weighted by Gasteiger charge is 2.22. The van der Waals surface area contributed by atoms with E-state index in [4.69, 9.17) is 11.6 Å². The van der Waals surface area contributed by atoms with Gasteiger partial charge in [-0.3, -0.25) is 4.79 Å². The van der Waals surface area contributed by atoms with Crippen LogP contribution in [0.1, 0.15) is 24.2 Å². The SMILES string of the molecule is O=c1[nH]c(CC2CC2)ncc1CCl. The van der Waals surface area contributed by atoms with Crippen molar-refractivity contribution in [3.05, 3.63) is 27.9 Å². The molecule has 1 saturated carbocycles. The Morgan fingerprint density at radius 2 is 2.38 bits per heavy atom. The molecule has 0 bridgehead atoms. The van der Waals surface area contributed by atoms with Crippen molar-refractivity contribution in [1.82, 2.24) is 9.97 Å². The summed E-state index contributed by atoms with van der Waals surface area (Å²) in [6.07, 6.45) is 5.00. The monoisotopic (exact) mass is 198 g/mol. The van der Waals surface area contributed by atoms with E-state index in [9.17, 15) is 4.79 Å². The van der Waals surface area contributed by atoms with Gasteiger partial charge < -0.3 is 4.98 Å². The Morgan fingerprint density at radius 1 is 1.62 bits per heavy atom. The third-order valence-electron chi connectivity index (χ3n) is 2.25. The zero-order valence-corrected chi connectivity index (χ0v) is 7.97. The summed E-state index contributed by atoms with van der Waals surface area (Å²) in [6.45, 7) is 0. The van der Waals surface area contributed by atoms with Crippen LogP contribution in [0.4, 0.5) is 0 Å². The highest BCUT2D eigenvalue weighted by Crippen LogP contribution is 2.31. The number of hydrogen-bond donors (Lipinski definition) is 1. The first-order chi connectivity index (χ1) is 6.29. The molecule has 1 aromatic rings. The van der Waals surface area contributed by atoms with E-state index in [1.165, 1.54) is 12.8 Å². The molecule has 0 atom stereocenters. The Bertz CT molecular complexity index is 357. The van der Waals surface area contributed by atoms with Crippen molar-refractivity contribution in [3.8, 4) is 0 Å². The molecule has 0 radical (unpaired) electrons. The van der Waals surface area contributed by atoms with Gasteiger partial charge in [0.25, 0.3) is 5.56 Å². The van der Waals surface area contributed by atoms with Gasteiger partial charge in [-0.05, 0) is 18.8 Å². The maximum Gasteiger partial charge on any atom is 0.255 e. The number of rotatable bonds is 3. The van der Waals surface area contributed by atoms with Gasteiger partial charge in [0, 0.05) is 12.6 Å². The predicted octanol–water partition coefficient (Wildman–Crippen LogP) is 1.46. The van der Waals surface area contributed by atoms with Gasteiger partial charge in [-0.25, -0.2) is 4.98 Å². The number of aromatic nitrogens is 2. The molecule has 0 amide bonds. The first-order valence-corrected chi connectivity index (χ1v) is 4.96. The fourth-order valence-corrected chi connectivity index (χ4v) is 1.44. The summed E-state index contributed by atoms with van der Waals surface area (Å²) in [5.74, 6) is 1.76. The summed E-state index contributed by atoms with van der Waals surface area (Å²) in [4.78, 5) is 18.2. The van der Waals surface area contributed by atoms with Crippen molar-refractivity contribution < 1.29 is 0 Å². The topological polar surface area (TPSA) is 45.8 Å². The molecule has 0 unspecified atom stereocenters. The fraction of sp³-hybridized carbons (Fsp3) is 0.556. The van der Waals surface area contributed by atoms with Gasteiger partial charge in [-0.2, -0.15) is 0 Å². The number of halogens is 1. The van der Waals surface area contributed by atoms with Crippen LogP contribution in [0, 0.1) is 5.92 Å². The number of nitrogens with one attached hydrogen (secondary N) is 1. The fourth-order valence-electron chi connectivity index (χ4n) is 1.25. The van der Waals surface area contributed by atoms with Crippen LogP contribution in [0.3, 0.4) is 0 Å². The first kappa shape index (κ1) is 8.75. The Balaban J connectivity index is 2.19. The number of aromatic amines is 1. The predicted molar refractivity (Wildman–Crippen MR) is 50.8 cm³/mol. The van der Waals surface area contributed by atoms with Crippen LogP contribution in [0.25, 0.3) is 0 Å². The normalized spacial score (nSPS) is 16.1. The van der Waals surface area contributed by atoms with Crippen molar-refractivity contribution in [1.29, 1.82) is 0 Å². The zero-order valence-electron chi connectivity index (χ0n) is 7.22. The standard InChI is InChI=1S/C9H11ClN2O/c10-4-7-5-11-8(12-9(7)13)3-6-1-2-6/h5-6H,1-4H2,(H,11,12,13). The summed E-state index contributed by atoms with van der Waals surface area (Å²) in [5, 5.41) is 0. The summed E-state index contributed by atoms with van der Waals surface area (Å²) in [7, 11) is 0. The molecule has 1 N–H and O–H groups in total. The highest BCUT2D eigenvalue weighted by molar-refractivity contribution is 6.16. The molecule has 0 aromatic carbocycles. The average molecular weight is 199 g/mol. The Hall–Kier alpha value is -0.830. The number of nitrogens with zero attached hydrogens (tertiary/aromatic N) is 1. The van der Waals surface area contributed by atoms with Gasteiger partial charge in [0.05, 0.1) is 11.4 Å². The molecule has 0 aliphatic heterocycles. The highest BCUT2D eigenvalue weighted by atomic mass is 35.5.